The number of benzene rings is 4. The molecular formula is C39H34IN3O5. The molecule has 48 heavy (non-hydrogen) atoms. The third kappa shape index (κ3) is 5.76. The maximum atomic E-state index is 14.2. The van der Waals surface area contributed by atoms with Crippen LogP contribution in [0.4, 0.5) is 16.2 Å². The lowest BCUT2D eigenvalue weighted by Crippen LogP contribution is -2.54. The molecule has 1 fully saturated rings. The van der Waals surface area contributed by atoms with Gasteiger partial charge in [-0.1, -0.05) is 73.3 Å². The Morgan fingerprint density at radius 3 is 2.06 bits per heavy atom. The summed E-state index contributed by atoms with van der Waals surface area (Å²) in [7, 11) is 1.52. The molecule has 0 radical (unpaired) electrons. The summed E-state index contributed by atoms with van der Waals surface area (Å²) >= 11 is 2.12. The minimum atomic E-state index is -0.773. The number of ether oxygens (including phenoxy) is 2. The van der Waals surface area contributed by atoms with Crippen LogP contribution in [-0.4, -0.2) is 44.7 Å². The Bertz CT molecular complexity index is 1890. The Balaban J connectivity index is 1.35. The number of amides is 4. The first-order valence-electron chi connectivity index (χ1n) is 15.9. The van der Waals surface area contributed by atoms with Crippen LogP contribution in [0.1, 0.15) is 52.5 Å². The average molecular weight is 752 g/mol. The molecule has 4 amide bonds. The Hall–Kier alpha value is -4.90. The lowest BCUT2D eigenvalue weighted by molar-refractivity contribution is -0.122. The highest BCUT2D eigenvalue weighted by atomic mass is 127. The largest absolute Gasteiger partial charge is 0.493 e. The van der Waals surface area contributed by atoms with E-state index < -0.39 is 17.8 Å². The lowest BCUT2D eigenvalue weighted by atomic mass is 9.76. The van der Waals surface area contributed by atoms with Gasteiger partial charge < -0.3 is 14.4 Å². The van der Waals surface area contributed by atoms with Gasteiger partial charge in [0.15, 0.2) is 11.5 Å². The molecule has 8 nitrogen and oxygen atoms in total. The normalized spacial score (nSPS) is 19.5. The zero-order chi connectivity index (χ0) is 33.4. The number of halogens is 1. The van der Waals surface area contributed by atoms with Gasteiger partial charge in [-0.3, -0.25) is 14.9 Å². The number of carbonyl (C=O) groups excluding carboxylic acids is 3. The van der Waals surface area contributed by atoms with Crippen molar-refractivity contribution in [3.05, 3.63) is 135 Å². The predicted octanol–water partition coefficient (Wildman–Crippen LogP) is 7.41. The van der Waals surface area contributed by atoms with Gasteiger partial charge in [0.25, 0.3) is 11.8 Å². The first-order chi connectivity index (χ1) is 23.4. The van der Waals surface area contributed by atoms with Crippen molar-refractivity contribution < 1.29 is 23.9 Å². The van der Waals surface area contributed by atoms with Gasteiger partial charge >= 0.3 is 6.03 Å². The molecule has 2 atom stereocenters. The van der Waals surface area contributed by atoms with Crippen molar-refractivity contribution in [1.82, 2.24) is 5.32 Å². The Kier molecular flexibility index (Phi) is 8.79. The van der Waals surface area contributed by atoms with Crippen LogP contribution in [0.5, 0.6) is 11.5 Å². The summed E-state index contributed by atoms with van der Waals surface area (Å²) in [5, 5.41) is 2.42. The Labute approximate surface area is 293 Å². The van der Waals surface area contributed by atoms with E-state index in [1.165, 1.54) is 30.0 Å². The second-order valence-electron chi connectivity index (χ2n) is 12.1. The number of methoxy groups -OCH3 is 1. The van der Waals surface area contributed by atoms with Crippen LogP contribution in [-0.2, 0) is 9.59 Å². The molecule has 0 unspecified atom stereocenters. The molecule has 7 rings (SSSR count). The number of urea groups is 1. The summed E-state index contributed by atoms with van der Waals surface area (Å²) < 4.78 is 12.1. The predicted molar refractivity (Wildman–Crippen MR) is 195 cm³/mol. The van der Waals surface area contributed by atoms with Gasteiger partial charge in [-0.25, -0.2) is 9.69 Å². The molecular weight excluding hydrogens is 717 g/mol. The van der Waals surface area contributed by atoms with E-state index in [1.807, 2.05) is 48.5 Å². The van der Waals surface area contributed by atoms with Crippen molar-refractivity contribution in [1.29, 1.82) is 0 Å². The quantitative estimate of drug-likeness (QED) is 0.0874. The summed E-state index contributed by atoms with van der Waals surface area (Å²) in [6.45, 7) is 5.83. The molecule has 242 valence electrons. The molecule has 4 aromatic rings. The third-order valence-electron chi connectivity index (χ3n) is 9.27. The zero-order valence-corrected chi connectivity index (χ0v) is 28.6. The molecule has 3 aliphatic heterocycles. The molecule has 0 saturated carbocycles. The van der Waals surface area contributed by atoms with Gasteiger partial charge in [-0.2, -0.15) is 0 Å². The first-order valence-corrected chi connectivity index (χ1v) is 17.0. The Morgan fingerprint density at radius 2 is 1.50 bits per heavy atom. The minimum absolute atomic E-state index is 0.0848. The third-order valence-corrected chi connectivity index (χ3v) is 10.1. The van der Waals surface area contributed by atoms with Gasteiger partial charge in [0.2, 0.25) is 0 Å². The van der Waals surface area contributed by atoms with E-state index in [2.05, 4.69) is 63.7 Å². The Morgan fingerprint density at radius 1 is 0.896 bits per heavy atom. The number of anilines is 2. The van der Waals surface area contributed by atoms with E-state index in [4.69, 9.17) is 9.47 Å². The summed E-state index contributed by atoms with van der Waals surface area (Å²) in [6.07, 6.45) is 4.95. The molecule has 3 aliphatic rings. The number of barbiturate groups is 1. The molecule has 9 heteroatoms. The number of imide groups is 2. The maximum absolute atomic E-state index is 14.2. The molecule has 1 N–H and O–H groups in total. The number of nitrogens with one attached hydrogen (secondary N) is 1. The molecule has 0 aromatic heterocycles. The van der Waals surface area contributed by atoms with Crippen LogP contribution in [0.2, 0.25) is 0 Å². The fourth-order valence-electron chi connectivity index (χ4n) is 7.13. The second kappa shape index (κ2) is 13.3. The average Bonchev–Trinajstić information content (AvgIpc) is 3.10. The van der Waals surface area contributed by atoms with Crippen LogP contribution >= 0.6 is 22.6 Å². The van der Waals surface area contributed by atoms with Crippen molar-refractivity contribution in [3.8, 4) is 11.5 Å². The van der Waals surface area contributed by atoms with E-state index in [0.29, 0.717) is 29.4 Å². The van der Waals surface area contributed by atoms with Gasteiger partial charge in [-0.15, -0.1) is 0 Å². The highest BCUT2D eigenvalue weighted by Crippen LogP contribution is 2.50. The second-order valence-corrected chi connectivity index (χ2v) is 13.2. The van der Waals surface area contributed by atoms with E-state index in [1.54, 1.807) is 18.2 Å². The summed E-state index contributed by atoms with van der Waals surface area (Å²) in [6, 6.07) is 27.4. The van der Waals surface area contributed by atoms with Crippen LogP contribution in [0.25, 0.3) is 6.08 Å². The summed E-state index contributed by atoms with van der Waals surface area (Å²) in [5.41, 5.74) is 6.56. The van der Waals surface area contributed by atoms with Crippen molar-refractivity contribution in [2.45, 2.75) is 24.7 Å². The van der Waals surface area contributed by atoms with Gasteiger partial charge in [0.05, 0.1) is 16.4 Å². The van der Waals surface area contributed by atoms with Gasteiger partial charge in [0.1, 0.15) is 12.2 Å². The van der Waals surface area contributed by atoms with E-state index in [-0.39, 0.29) is 17.4 Å². The van der Waals surface area contributed by atoms with Crippen molar-refractivity contribution in [3.63, 3.8) is 0 Å². The number of carbonyl (C=O) groups is 3. The smallest absolute Gasteiger partial charge is 0.335 e. The van der Waals surface area contributed by atoms with Crippen LogP contribution in [0, 0.1) is 3.57 Å². The molecule has 4 aromatic carbocycles. The topological polar surface area (TPSA) is 88.2 Å². The maximum Gasteiger partial charge on any atom is 0.335 e. The van der Waals surface area contributed by atoms with Crippen molar-refractivity contribution in [2.75, 3.05) is 36.6 Å². The van der Waals surface area contributed by atoms with Crippen molar-refractivity contribution >= 4 is 57.9 Å². The molecule has 0 aliphatic carbocycles. The van der Waals surface area contributed by atoms with E-state index in [0.717, 1.165) is 45.5 Å². The summed E-state index contributed by atoms with van der Waals surface area (Å²) in [4.78, 5) is 44.5. The minimum Gasteiger partial charge on any atom is -0.493 e. The van der Waals surface area contributed by atoms with E-state index >= 15 is 0 Å². The van der Waals surface area contributed by atoms with Gasteiger partial charge in [0, 0.05) is 30.6 Å². The number of hydrogen-bond acceptors (Lipinski definition) is 6. The number of hydrogen-bond donors (Lipinski definition) is 1. The monoisotopic (exact) mass is 751 g/mol. The SMILES string of the molecule is C=CCOc1c(I)cc(/C=C2\C(=O)NC(=O)N(c3cc4c5c(c3)[C@@H](c3ccccc3)CCN5CC[C@@H]4c3ccccc3)C2=O)cc1OC. The van der Waals surface area contributed by atoms with Gasteiger partial charge in [-0.05, 0) is 93.6 Å². The number of nitrogens with zero attached hydrogens (tertiary/aromatic N) is 2. The van der Waals surface area contributed by atoms with Crippen LogP contribution in [0.3, 0.4) is 0 Å². The van der Waals surface area contributed by atoms with Crippen molar-refractivity contribution in [2.24, 2.45) is 0 Å². The highest BCUT2D eigenvalue weighted by Gasteiger charge is 2.40. The zero-order valence-electron chi connectivity index (χ0n) is 26.4. The fourth-order valence-corrected chi connectivity index (χ4v) is 7.91. The lowest BCUT2D eigenvalue weighted by Gasteiger charge is -2.44. The standard InChI is InChI=1S/C39H34IN3O5/c1-3-18-48-36-33(40)20-24(21-34(36)47-2)19-32-37(44)41-39(46)43(38(32)45)27-22-30-28(25-10-6-4-7-11-25)14-16-42-17-15-29(31(23-27)35(30)42)26-12-8-5-9-13-26/h3-13,19-23,28-29H,1,14-18H2,2H3,(H,41,44,46)/b32-19+/t28-,29-/m1/s1. The fraction of sp³-hybridized carbons (Fsp3) is 0.205. The molecule has 1 saturated heterocycles. The molecule has 3 heterocycles. The summed E-state index contributed by atoms with van der Waals surface area (Å²) in [5.74, 6) is -0.285. The van der Waals surface area contributed by atoms with Crippen LogP contribution in [0.15, 0.2) is 103 Å². The molecule has 0 bridgehead atoms. The molecule has 0 spiro atoms. The highest BCUT2D eigenvalue weighted by molar-refractivity contribution is 14.1. The number of rotatable bonds is 8. The van der Waals surface area contributed by atoms with E-state index in [9.17, 15) is 14.4 Å². The first kappa shape index (κ1) is 31.7. The van der Waals surface area contributed by atoms with Crippen LogP contribution < -0.4 is 24.6 Å².